The summed E-state index contributed by atoms with van der Waals surface area (Å²) in [7, 11) is 2.05. The zero-order chi connectivity index (χ0) is 10.8. The Balaban J connectivity index is 2.34. The molecule has 0 radical (unpaired) electrons. The molecule has 82 valence electrons. The Kier molecular flexibility index (Phi) is 3.11. The van der Waals surface area contributed by atoms with Crippen LogP contribution in [0, 0.1) is 12.8 Å². The van der Waals surface area contributed by atoms with Crippen LogP contribution in [0.1, 0.15) is 36.0 Å². The van der Waals surface area contributed by atoms with Gasteiger partial charge in [0.2, 0.25) is 0 Å². The first-order valence-corrected chi connectivity index (χ1v) is 5.94. The molecule has 1 aromatic rings. The molecule has 1 aliphatic rings. The van der Waals surface area contributed by atoms with Crippen molar-refractivity contribution in [3.8, 4) is 0 Å². The lowest BCUT2D eigenvalue weighted by Gasteiger charge is -2.30. The van der Waals surface area contributed by atoms with E-state index >= 15 is 0 Å². The van der Waals surface area contributed by atoms with Crippen LogP contribution in [0.15, 0.2) is 18.2 Å². The fourth-order valence-corrected chi connectivity index (χ4v) is 2.79. The molecule has 1 aromatic carbocycles. The van der Waals surface area contributed by atoms with Crippen molar-refractivity contribution in [2.75, 3.05) is 13.6 Å². The van der Waals surface area contributed by atoms with Gasteiger partial charge in [-0.25, -0.2) is 0 Å². The minimum Gasteiger partial charge on any atom is -0.319 e. The summed E-state index contributed by atoms with van der Waals surface area (Å²) in [5, 5.41) is 3.32. The zero-order valence-electron chi connectivity index (χ0n) is 10.0. The lowest BCUT2D eigenvalue weighted by atomic mass is 9.77. The molecular weight excluding hydrogens is 182 g/mol. The van der Waals surface area contributed by atoms with Gasteiger partial charge in [-0.3, -0.25) is 0 Å². The Labute approximate surface area is 92.9 Å². The number of rotatable bonds is 2. The molecule has 1 aliphatic carbocycles. The third-order valence-electron chi connectivity index (χ3n) is 3.45. The maximum Gasteiger partial charge on any atom is 0.00173 e. The monoisotopic (exact) mass is 203 g/mol. The maximum absolute atomic E-state index is 3.32. The Morgan fingerprint density at radius 2 is 2.20 bits per heavy atom. The highest BCUT2D eigenvalue weighted by atomic mass is 14.8. The van der Waals surface area contributed by atoms with Gasteiger partial charge in [0.15, 0.2) is 0 Å². The Bertz CT molecular complexity index is 343. The van der Waals surface area contributed by atoms with E-state index in [0.717, 1.165) is 12.5 Å². The van der Waals surface area contributed by atoms with Crippen molar-refractivity contribution in [3.05, 3.63) is 34.9 Å². The van der Waals surface area contributed by atoms with Gasteiger partial charge in [0.1, 0.15) is 0 Å². The van der Waals surface area contributed by atoms with Crippen LogP contribution in [-0.4, -0.2) is 13.6 Å². The molecule has 0 saturated carbocycles. The van der Waals surface area contributed by atoms with Gasteiger partial charge < -0.3 is 5.32 Å². The van der Waals surface area contributed by atoms with Gasteiger partial charge in [-0.05, 0) is 49.8 Å². The van der Waals surface area contributed by atoms with Crippen LogP contribution in [0.5, 0.6) is 0 Å². The Hall–Kier alpha value is -0.820. The molecule has 1 nitrogen and oxygen atoms in total. The Morgan fingerprint density at radius 1 is 1.40 bits per heavy atom. The van der Waals surface area contributed by atoms with E-state index in [0.29, 0.717) is 5.92 Å². The molecule has 0 heterocycles. The predicted molar refractivity (Wildman–Crippen MR) is 65.3 cm³/mol. The largest absolute Gasteiger partial charge is 0.319 e. The van der Waals surface area contributed by atoms with E-state index < -0.39 is 0 Å². The van der Waals surface area contributed by atoms with Gasteiger partial charge in [0, 0.05) is 6.54 Å². The molecule has 0 aliphatic heterocycles. The van der Waals surface area contributed by atoms with Crippen LogP contribution >= 0.6 is 0 Å². The molecule has 0 spiro atoms. The second-order valence-corrected chi connectivity index (χ2v) is 5.00. The van der Waals surface area contributed by atoms with Crippen molar-refractivity contribution in [1.29, 1.82) is 0 Å². The highest BCUT2D eigenvalue weighted by Gasteiger charge is 2.23. The SMILES string of the molecule is CNCC1CC(C)Cc2ccc(C)cc21. The molecule has 2 unspecified atom stereocenters. The molecule has 0 fully saturated rings. The number of fused-ring (bicyclic) bond motifs is 1. The van der Waals surface area contributed by atoms with Crippen molar-refractivity contribution < 1.29 is 0 Å². The minimum absolute atomic E-state index is 0.716. The van der Waals surface area contributed by atoms with Gasteiger partial charge >= 0.3 is 0 Å². The summed E-state index contributed by atoms with van der Waals surface area (Å²) in [5.74, 6) is 1.55. The average Bonchev–Trinajstić information content (AvgIpc) is 2.19. The van der Waals surface area contributed by atoms with Crippen molar-refractivity contribution in [2.24, 2.45) is 5.92 Å². The van der Waals surface area contributed by atoms with E-state index in [1.807, 2.05) is 0 Å². The highest BCUT2D eigenvalue weighted by Crippen LogP contribution is 2.34. The predicted octanol–water partition coefficient (Wildman–Crippen LogP) is 2.88. The van der Waals surface area contributed by atoms with Crippen molar-refractivity contribution in [1.82, 2.24) is 5.32 Å². The third-order valence-corrected chi connectivity index (χ3v) is 3.45. The number of hydrogen-bond donors (Lipinski definition) is 1. The van der Waals surface area contributed by atoms with Crippen LogP contribution < -0.4 is 5.32 Å². The number of nitrogens with one attached hydrogen (secondary N) is 1. The van der Waals surface area contributed by atoms with Crippen LogP contribution in [-0.2, 0) is 6.42 Å². The van der Waals surface area contributed by atoms with Gasteiger partial charge in [0.25, 0.3) is 0 Å². The first kappa shape index (κ1) is 10.7. The van der Waals surface area contributed by atoms with Crippen molar-refractivity contribution >= 4 is 0 Å². The van der Waals surface area contributed by atoms with E-state index in [2.05, 4.69) is 44.4 Å². The average molecular weight is 203 g/mol. The zero-order valence-corrected chi connectivity index (χ0v) is 10.0. The summed E-state index contributed by atoms with van der Waals surface area (Å²) in [6.07, 6.45) is 2.59. The molecular formula is C14H21N. The quantitative estimate of drug-likeness (QED) is 0.779. The lowest BCUT2D eigenvalue weighted by molar-refractivity contribution is 0.422. The summed E-state index contributed by atoms with van der Waals surface area (Å²) in [4.78, 5) is 0. The molecule has 1 N–H and O–H groups in total. The molecule has 2 rings (SSSR count). The maximum atomic E-state index is 3.32. The van der Waals surface area contributed by atoms with Gasteiger partial charge in [-0.1, -0.05) is 30.7 Å². The lowest BCUT2D eigenvalue weighted by Crippen LogP contribution is -2.24. The Morgan fingerprint density at radius 3 is 2.93 bits per heavy atom. The first-order chi connectivity index (χ1) is 7.20. The summed E-state index contributed by atoms with van der Waals surface area (Å²) in [6, 6.07) is 6.94. The number of aryl methyl sites for hydroxylation is 1. The van der Waals surface area contributed by atoms with E-state index in [4.69, 9.17) is 0 Å². The van der Waals surface area contributed by atoms with Gasteiger partial charge in [-0.15, -0.1) is 0 Å². The third kappa shape index (κ3) is 2.23. The number of likely N-dealkylation sites (N-methyl/N-ethyl adjacent to an activating group) is 1. The fraction of sp³-hybridized carbons (Fsp3) is 0.571. The van der Waals surface area contributed by atoms with Gasteiger partial charge in [0.05, 0.1) is 0 Å². The second-order valence-electron chi connectivity index (χ2n) is 5.00. The standard InChI is InChI=1S/C14H21N/c1-10-4-5-12-6-11(2)7-13(9-15-3)14(12)8-10/h4-5,8,11,13,15H,6-7,9H2,1-3H3. The smallest absolute Gasteiger partial charge is 0.00173 e. The molecule has 0 saturated heterocycles. The molecule has 0 bridgehead atoms. The van der Waals surface area contributed by atoms with E-state index in [1.165, 1.54) is 18.4 Å². The van der Waals surface area contributed by atoms with Crippen molar-refractivity contribution in [2.45, 2.75) is 32.6 Å². The van der Waals surface area contributed by atoms with Gasteiger partial charge in [-0.2, -0.15) is 0 Å². The van der Waals surface area contributed by atoms with E-state index in [9.17, 15) is 0 Å². The molecule has 1 heteroatoms. The van der Waals surface area contributed by atoms with Crippen LogP contribution in [0.4, 0.5) is 0 Å². The molecule has 0 amide bonds. The number of benzene rings is 1. The van der Waals surface area contributed by atoms with Crippen LogP contribution in [0.25, 0.3) is 0 Å². The molecule has 15 heavy (non-hydrogen) atoms. The fourth-order valence-electron chi connectivity index (χ4n) is 2.79. The molecule has 0 aromatic heterocycles. The van der Waals surface area contributed by atoms with E-state index in [-0.39, 0.29) is 0 Å². The normalized spacial score (nSPS) is 25.0. The summed E-state index contributed by atoms with van der Waals surface area (Å²) in [5.41, 5.74) is 4.55. The summed E-state index contributed by atoms with van der Waals surface area (Å²) >= 11 is 0. The molecule has 2 atom stereocenters. The van der Waals surface area contributed by atoms with E-state index in [1.54, 1.807) is 11.1 Å². The topological polar surface area (TPSA) is 12.0 Å². The highest BCUT2D eigenvalue weighted by molar-refractivity contribution is 5.36. The number of hydrogen-bond acceptors (Lipinski definition) is 1. The second kappa shape index (κ2) is 4.36. The van der Waals surface area contributed by atoms with Crippen molar-refractivity contribution in [3.63, 3.8) is 0 Å². The summed E-state index contributed by atoms with van der Waals surface area (Å²) < 4.78 is 0. The minimum atomic E-state index is 0.716. The summed E-state index contributed by atoms with van der Waals surface area (Å²) in [6.45, 7) is 5.67. The first-order valence-electron chi connectivity index (χ1n) is 5.94. The van der Waals surface area contributed by atoms with Crippen LogP contribution in [0.2, 0.25) is 0 Å². The van der Waals surface area contributed by atoms with Crippen LogP contribution in [0.3, 0.4) is 0 Å².